The normalized spacial score (nSPS) is 19.1. The summed E-state index contributed by atoms with van der Waals surface area (Å²) in [5.41, 5.74) is -0.839. The van der Waals surface area contributed by atoms with Crippen molar-refractivity contribution in [3.63, 3.8) is 0 Å². The Morgan fingerprint density at radius 2 is 1.75 bits per heavy atom. The Morgan fingerprint density at radius 3 is 2.28 bits per heavy atom. The number of nitrogens with one attached hydrogen (secondary N) is 1. The first-order chi connectivity index (χ1) is 15.0. The molecule has 1 aromatic rings. The molecular formula is C21H28F2N4O5. The van der Waals surface area contributed by atoms with Crippen LogP contribution < -0.4 is 15.1 Å². The number of hydrogen-bond acceptors (Lipinski definition) is 6. The number of anilines is 2. The minimum absolute atomic E-state index is 0.00325. The Hall–Kier alpha value is -3.11. The number of rotatable bonds is 4. The molecule has 2 aliphatic rings. The van der Waals surface area contributed by atoms with Gasteiger partial charge < -0.3 is 24.6 Å². The number of cyclic esters (lactones) is 1. The summed E-state index contributed by atoms with van der Waals surface area (Å²) in [6, 6.07) is 1.58. The van der Waals surface area contributed by atoms with E-state index in [0.29, 0.717) is 0 Å². The average molecular weight is 454 g/mol. The maximum absolute atomic E-state index is 15.0. The molecule has 0 spiro atoms. The summed E-state index contributed by atoms with van der Waals surface area (Å²) >= 11 is 0. The third-order valence-electron chi connectivity index (χ3n) is 5.08. The van der Waals surface area contributed by atoms with Gasteiger partial charge in [0.05, 0.1) is 11.7 Å². The molecule has 176 valence electrons. The highest BCUT2D eigenvalue weighted by atomic mass is 19.1. The van der Waals surface area contributed by atoms with Gasteiger partial charge in [-0.25, -0.2) is 18.4 Å². The Balaban J connectivity index is 1.72. The van der Waals surface area contributed by atoms with Crippen LogP contribution in [-0.4, -0.2) is 74.0 Å². The summed E-state index contributed by atoms with van der Waals surface area (Å²) in [4.78, 5) is 39.6. The Morgan fingerprint density at radius 1 is 1.16 bits per heavy atom. The summed E-state index contributed by atoms with van der Waals surface area (Å²) in [6.45, 7) is 7.69. The van der Waals surface area contributed by atoms with E-state index in [1.165, 1.54) is 16.7 Å². The molecule has 32 heavy (non-hydrogen) atoms. The summed E-state index contributed by atoms with van der Waals surface area (Å²) in [6.07, 6.45) is -1.20. The van der Waals surface area contributed by atoms with Crippen molar-refractivity contribution in [2.75, 3.05) is 49.1 Å². The predicted molar refractivity (Wildman–Crippen MR) is 113 cm³/mol. The van der Waals surface area contributed by atoms with Crippen molar-refractivity contribution >= 4 is 29.5 Å². The van der Waals surface area contributed by atoms with Crippen LogP contribution in [0.1, 0.15) is 27.7 Å². The zero-order valence-electron chi connectivity index (χ0n) is 18.6. The lowest BCUT2D eigenvalue weighted by molar-refractivity contribution is -0.119. The molecule has 9 nitrogen and oxygen atoms in total. The summed E-state index contributed by atoms with van der Waals surface area (Å²) in [5, 5.41) is 2.58. The topological polar surface area (TPSA) is 91.4 Å². The van der Waals surface area contributed by atoms with Gasteiger partial charge in [0.25, 0.3) is 0 Å². The second-order valence-electron chi connectivity index (χ2n) is 8.75. The van der Waals surface area contributed by atoms with Crippen LogP contribution in [0.15, 0.2) is 12.1 Å². The fraction of sp³-hybridized carbons (Fsp3) is 0.571. The number of ether oxygens (including phenoxy) is 2. The van der Waals surface area contributed by atoms with Gasteiger partial charge in [0.1, 0.15) is 17.9 Å². The number of carbonyl (C=O) groups is 3. The molecule has 2 aliphatic heterocycles. The average Bonchev–Trinajstić information content (AvgIpc) is 3.05. The number of carbonyl (C=O) groups excluding carboxylic acids is 3. The van der Waals surface area contributed by atoms with Crippen LogP contribution >= 0.6 is 0 Å². The number of piperazine rings is 1. The van der Waals surface area contributed by atoms with Crippen LogP contribution in [0.25, 0.3) is 0 Å². The van der Waals surface area contributed by atoms with Gasteiger partial charge >= 0.3 is 12.2 Å². The van der Waals surface area contributed by atoms with Gasteiger partial charge in [-0.15, -0.1) is 0 Å². The second-order valence-corrected chi connectivity index (χ2v) is 8.75. The molecule has 0 radical (unpaired) electrons. The van der Waals surface area contributed by atoms with Gasteiger partial charge in [-0.2, -0.15) is 0 Å². The predicted octanol–water partition coefficient (Wildman–Crippen LogP) is 2.48. The molecule has 11 heteroatoms. The molecule has 2 fully saturated rings. The molecule has 3 amide bonds. The number of hydrogen-bond donors (Lipinski definition) is 1. The van der Waals surface area contributed by atoms with E-state index >= 15 is 0 Å². The third-order valence-corrected chi connectivity index (χ3v) is 5.08. The van der Waals surface area contributed by atoms with Crippen LogP contribution in [0.5, 0.6) is 0 Å². The molecule has 3 rings (SSSR count). The van der Waals surface area contributed by atoms with Gasteiger partial charge in [-0.05, 0) is 20.8 Å². The molecule has 1 aromatic carbocycles. The smallest absolute Gasteiger partial charge is 0.414 e. The molecule has 2 saturated heterocycles. The standard InChI is InChI=1S/C21H28F2N4O5/c1-13(28)24-11-15-12-31-20(30)27(15)14-9-16(22)18(17(23)10-14)25-5-7-26(8-6-25)19(29)32-21(2,3)4/h9-10,15H,5-8,11-12H2,1-4H3,(H,24,28)/t15-/m0/s1. The lowest BCUT2D eigenvalue weighted by atomic mass is 10.1. The van der Waals surface area contributed by atoms with E-state index < -0.39 is 35.5 Å². The lowest BCUT2D eigenvalue weighted by Gasteiger charge is -2.37. The van der Waals surface area contributed by atoms with E-state index in [4.69, 9.17) is 9.47 Å². The van der Waals surface area contributed by atoms with Crippen LogP contribution in [0.4, 0.5) is 29.7 Å². The first-order valence-electron chi connectivity index (χ1n) is 10.4. The van der Waals surface area contributed by atoms with Crippen molar-refractivity contribution in [2.24, 2.45) is 0 Å². The van der Waals surface area contributed by atoms with E-state index in [2.05, 4.69) is 5.32 Å². The van der Waals surface area contributed by atoms with Crippen LogP contribution in [-0.2, 0) is 14.3 Å². The minimum Gasteiger partial charge on any atom is -0.447 e. The van der Waals surface area contributed by atoms with Crippen molar-refractivity contribution in [3.05, 3.63) is 23.8 Å². The fourth-order valence-corrected chi connectivity index (χ4v) is 3.62. The number of benzene rings is 1. The Labute approximate surface area is 185 Å². The molecular weight excluding hydrogens is 426 g/mol. The fourth-order valence-electron chi connectivity index (χ4n) is 3.62. The van der Waals surface area contributed by atoms with Gasteiger partial charge in [-0.1, -0.05) is 0 Å². The SMILES string of the molecule is CC(=O)NC[C@H]1COC(=O)N1c1cc(F)c(N2CCN(C(=O)OC(C)(C)C)CC2)c(F)c1. The second kappa shape index (κ2) is 9.17. The van der Waals surface area contributed by atoms with E-state index in [0.717, 1.165) is 17.0 Å². The molecule has 0 unspecified atom stereocenters. The first-order valence-corrected chi connectivity index (χ1v) is 10.4. The highest BCUT2D eigenvalue weighted by Gasteiger charge is 2.36. The number of nitrogens with zero attached hydrogens (tertiary/aromatic N) is 3. The molecule has 2 heterocycles. The van der Waals surface area contributed by atoms with Crippen molar-refractivity contribution in [1.29, 1.82) is 0 Å². The highest BCUT2D eigenvalue weighted by Crippen LogP contribution is 2.32. The molecule has 0 aliphatic carbocycles. The number of amides is 3. The Kier molecular flexibility index (Phi) is 6.75. The van der Waals surface area contributed by atoms with Gasteiger partial charge in [-0.3, -0.25) is 9.69 Å². The molecule has 0 aromatic heterocycles. The van der Waals surface area contributed by atoms with Crippen molar-refractivity contribution < 1.29 is 32.6 Å². The van der Waals surface area contributed by atoms with Crippen LogP contribution in [0, 0.1) is 11.6 Å². The first kappa shape index (κ1) is 23.6. The largest absolute Gasteiger partial charge is 0.447 e. The van der Waals surface area contributed by atoms with Gasteiger partial charge in [0.15, 0.2) is 11.6 Å². The monoisotopic (exact) mass is 454 g/mol. The van der Waals surface area contributed by atoms with Crippen LogP contribution in [0.2, 0.25) is 0 Å². The maximum atomic E-state index is 15.0. The zero-order chi connectivity index (χ0) is 23.6. The molecule has 0 bridgehead atoms. The highest BCUT2D eigenvalue weighted by molar-refractivity contribution is 5.91. The Bertz CT molecular complexity index is 874. The lowest BCUT2D eigenvalue weighted by Crippen LogP contribution is -2.50. The summed E-state index contributed by atoms with van der Waals surface area (Å²) in [7, 11) is 0. The van der Waals surface area contributed by atoms with Gasteiger partial charge in [0, 0.05) is 51.8 Å². The van der Waals surface area contributed by atoms with Gasteiger partial charge in [0.2, 0.25) is 5.91 Å². The van der Waals surface area contributed by atoms with Crippen molar-refractivity contribution in [3.8, 4) is 0 Å². The summed E-state index contributed by atoms with van der Waals surface area (Å²) < 4.78 is 40.2. The minimum atomic E-state index is -0.830. The zero-order valence-corrected chi connectivity index (χ0v) is 18.6. The number of halogens is 2. The summed E-state index contributed by atoms with van der Waals surface area (Å²) in [5.74, 6) is -1.95. The van der Waals surface area contributed by atoms with Crippen LogP contribution in [0.3, 0.4) is 0 Å². The molecule has 1 N–H and O–H groups in total. The molecule has 0 saturated carbocycles. The van der Waals surface area contributed by atoms with E-state index in [1.54, 1.807) is 20.8 Å². The van der Waals surface area contributed by atoms with E-state index in [1.807, 2.05) is 0 Å². The van der Waals surface area contributed by atoms with Crippen molar-refractivity contribution in [2.45, 2.75) is 39.3 Å². The van der Waals surface area contributed by atoms with Crippen molar-refractivity contribution in [1.82, 2.24) is 10.2 Å². The third kappa shape index (κ3) is 5.38. The maximum Gasteiger partial charge on any atom is 0.414 e. The van der Waals surface area contributed by atoms with E-state index in [-0.39, 0.29) is 56.6 Å². The quantitative estimate of drug-likeness (QED) is 0.752. The van der Waals surface area contributed by atoms with E-state index in [9.17, 15) is 23.2 Å². The molecule has 1 atom stereocenters.